The van der Waals surface area contributed by atoms with Crippen LogP contribution in [0.4, 0.5) is 9.18 Å². The lowest BCUT2D eigenvalue weighted by molar-refractivity contribution is 0.169. The number of hydrogen-bond acceptors (Lipinski definition) is 5. The van der Waals surface area contributed by atoms with Crippen LogP contribution < -0.4 is 10.6 Å². The van der Waals surface area contributed by atoms with E-state index in [-0.39, 0.29) is 18.0 Å². The van der Waals surface area contributed by atoms with Gasteiger partial charge in [0, 0.05) is 31.0 Å². The Labute approximate surface area is 139 Å². The molecule has 1 unspecified atom stereocenters. The van der Waals surface area contributed by atoms with E-state index in [1.54, 1.807) is 6.07 Å². The first-order valence-electron chi connectivity index (χ1n) is 7.74. The molecule has 1 heterocycles. The van der Waals surface area contributed by atoms with Crippen LogP contribution in [0.5, 0.6) is 0 Å². The van der Waals surface area contributed by atoms with E-state index in [1.165, 1.54) is 18.2 Å². The summed E-state index contributed by atoms with van der Waals surface area (Å²) in [5, 5.41) is 18.8. The molecule has 7 nitrogen and oxygen atoms in total. The number of aliphatic hydroxyl groups excluding tert-OH is 1. The fraction of sp³-hybridized carbons (Fsp3) is 0.438. The summed E-state index contributed by atoms with van der Waals surface area (Å²) in [4.78, 5) is 15.9. The number of amides is 2. The smallest absolute Gasteiger partial charge is 0.314 e. The summed E-state index contributed by atoms with van der Waals surface area (Å²) in [6, 6.07) is 5.43. The molecule has 0 spiro atoms. The topological polar surface area (TPSA) is 100 Å². The van der Waals surface area contributed by atoms with Gasteiger partial charge in [0.2, 0.25) is 5.89 Å². The van der Waals surface area contributed by atoms with Gasteiger partial charge >= 0.3 is 6.03 Å². The van der Waals surface area contributed by atoms with Crippen LogP contribution in [-0.4, -0.2) is 34.4 Å². The molecule has 2 amide bonds. The molecule has 130 valence electrons. The molecular formula is C16H21FN4O3. The molecule has 0 saturated heterocycles. The Kier molecular flexibility index (Phi) is 6.25. The molecular weight excluding hydrogens is 315 g/mol. The van der Waals surface area contributed by atoms with Gasteiger partial charge in [-0.15, -0.1) is 0 Å². The maximum absolute atomic E-state index is 13.5. The summed E-state index contributed by atoms with van der Waals surface area (Å²) in [7, 11) is 0. The van der Waals surface area contributed by atoms with E-state index in [4.69, 9.17) is 4.52 Å². The van der Waals surface area contributed by atoms with Crippen LogP contribution in [0.15, 0.2) is 28.8 Å². The zero-order valence-corrected chi connectivity index (χ0v) is 13.6. The molecule has 1 aromatic heterocycles. The quantitative estimate of drug-likeness (QED) is 0.717. The van der Waals surface area contributed by atoms with Crippen molar-refractivity contribution >= 4 is 6.03 Å². The highest BCUT2D eigenvalue weighted by Crippen LogP contribution is 2.15. The van der Waals surface area contributed by atoms with Crippen molar-refractivity contribution in [1.82, 2.24) is 20.8 Å². The molecule has 0 bridgehead atoms. The van der Waals surface area contributed by atoms with E-state index in [0.717, 1.165) is 0 Å². The Bertz CT molecular complexity index is 675. The van der Waals surface area contributed by atoms with Gasteiger partial charge in [-0.2, -0.15) is 4.98 Å². The predicted molar refractivity (Wildman–Crippen MR) is 84.9 cm³/mol. The second kappa shape index (κ2) is 8.39. The van der Waals surface area contributed by atoms with Crippen molar-refractivity contribution in [2.45, 2.75) is 32.3 Å². The number of nitrogens with zero attached hydrogens (tertiary/aromatic N) is 2. The molecule has 0 radical (unpaired) electrons. The highest BCUT2D eigenvalue weighted by Gasteiger charge is 2.13. The summed E-state index contributed by atoms with van der Waals surface area (Å²) >= 11 is 0. The lowest BCUT2D eigenvalue weighted by Gasteiger charge is -2.13. The lowest BCUT2D eigenvalue weighted by atomic mass is 10.1. The van der Waals surface area contributed by atoms with Crippen molar-refractivity contribution < 1.29 is 18.8 Å². The molecule has 2 rings (SSSR count). The van der Waals surface area contributed by atoms with Crippen molar-refractivity contribution in [1.29, 1.82) is 0 Å². The van der Waals surface area contributed by atoms with Crippen molar-refractivity contribution in [3.05, 3.63) is 47.4 Å². The van der Waals surface area contributed by atoms with Gasteiger partial charge in [-0.05, 0) is 6.07 Å². The first kappa shape index (κ1) is 17.9. The minimum Gasteiger partial charge on any atom is -0.386 e. The fourth-order valence-electron chi connectivity index (χ4n) is 1.99. The number of carbonyl (C=O) groups is 1. The number of rotatable bonds is 7. The molecule has 8 heteroatoms. The second-order valence-electron chi connectivity index (χ2n) is 5.63. The van der Waals surface area contributed by atoms with Crippen LogP contribution >= 0.6 is 0 Å². The van der Waals surface area contributed by atoms with Crippen molar-refractivity contribution in [3.63, 3.8) is 0 Å². The zero-order chi connectivity index (χ0) is 17.5. The van der Waals surface area contributed by atoms with Crippen LogP contribution in [-0.2, 0) is 6.42 Å². The van der Waals surface area contributed by atoms with E-state index < -0.39 is 18.0 Å². The van der Waals surface area contributed by atoms with Crippen molar-refractivity contribution in [3.8, 4) is 0 Å². The zero-order valence-electron chi connectivity index (χ0n) is 13.6. The van der Waals surface area contributed by atoms with Crippen molar-refractivity contribution in [2.75, 3.05) is 13.1 Å². The molecule has 0 aliphatic rings. The molecule has 24 heavy (non-hydrogen) atoms. The van der Waals surface area contributed by atoms with Gasteiger partial charge in [0.1, 0.15) is 5.82 Å². The third-order valence-corrected chi connectivity index (χ3v) is 3.34. The number of aromatic nitrogens is 2. The number of urea groups is 1. The number of nitrogens with one attached hydrogen (secondary N) is 2. The molecule has 1 aromatic carbocycles. The maximum atomic E-state index is 13.5. The van der Waals surface area contributed by atoms with E-state index in [0.29, 0.717) is 24.7 Å². The van der Waals surface area contributed by atoms with Crippen LogP contribution in [0.3, 0.4) is 0 Å². The van der Waals surface area contributed by atoms with Crippen LogP contribution in [0.1, 0.15) is 43.1 Å². The Morgan fingerprint density at radius 2 is 2.08 bits per heavy atom. The highest BCUT2D eigenvalue weighted by atomic mass is 19.1. The van der Waals surface area contributed by atoms with E-state index >= 15 is 0 Å². The van der Waals surface area contributed by atoms with Gasteiger partial charge in [-0.25, -0.2) is 9.18 Å². The summed E-state index contributed by atoms with van der Waals surface area (Å²) in [5.41, 5.74) is 0.143. The summed E-state index contributed by atoms with van der Waals surface area (Å²) < 4.78 is 18.6. The number of halogens is 1. The van der Waals surface area contributed by atoms with E-state index in [2.05, 4.69) is 20.8 Å². The molecule has 1 atom stereocenters. The van der Waals surface area contributed by atoms with E-state index in [9.17, 15) is 14.3 Å². The minimum absolute atomic E-state index is 0.0924. The summed E-state index contributed by atoms with van der Waals surface area (Å²) in [6.07, 6.45) is -0.704. The molecule has 0 aliphatic carbocycles. The number of hydrogen-bond donors (Lipinski definition) is 3. The first-order chi connectivity index (χ1) is 11.5. The summed E-state index contributed by atoms with van der Waals surface area (Å²) in [5.74, 6) is 0.746. The Morgan fingerprint density at radius 1 is 1.33 bits per heavy atom. The Morgan fingerprint density at radius 3 is 2.75 bits per heavy atom. The number of benzene rings is 1. The van der Waals surface area contributed by atoms with Gasteiger partial charge in [0.05, 0.1) is 6.10 Å². The average molecular weight is 336 g/mol. The SMILES string of the molecule is CC(C)c1noc(CCNC(=O)NCC(O)c2ccccc2F)n1. The molecule has 2 aromatic rings. The van der Waals surface area contributed by atoms with Gasteiger partial charge in [0.25, 0.3) is 0 Å². The third kappa shape index (κ3) is 5.02. The predicted octanol–water partition coefficient (Wildman–Crippen LogP) is 1.91. The molecule has 0 saturated carbocycles. The first-order valence-corrected chi connectivity index (χ1v) is 7.74. The van der Waals surface area contributed by atoms with Gasteiger partial charge in [-0.3, -0.25) is 0 Å². The van der Waals surface area contributed by atoms with Crippen LogP contribution in [0, 0.1) is 5.82 Å². The Balaban J connectivity index is 1.70. The third-order valence-electron chi connectivity index (χ3n) is 3.34. The van der Waals surface area contributed by atoms with Crippen LogP contribution in [0.25, 0.3) is 0 Å². The number of carbonyl (C=O) groups excluding carboxylic acids is 1. The normalized spacial score (nSPS) is 12.2. The monoisotopic (exact) mass is 336 g/mol. The molecule has 0 fully saturated rings. The van der Waals surface area contributed by atoms with Gasteiger partial charge in [0.15, 0.2) is 5.82 Å². The molecule has 3 N–H and O–H groups in total. The maximum Gasteiger partial charge on any atom is 0.314 e. The van der Waals surface area contributed by atoms with E-state index in [1.807, 2.05) is 13.8 Å². The number of aliphatic hydroxyl groups is 1. The standard InChI is InChI=1S/C16H21FN4O3/c1-10(2)15-20-14(24-21-15)7-8-18-16(23)19-9-13(22)11-5-3-4-6-12(11)17/h3-6,10,13,22H,7-9H2,1-2H3,(H2,18,19,23). The second-order valence-corrected chi connectivity index (χ2v) is 5.63. The highest BCUT2D eigenvalue weighted by molar-refractivity contribution is 5.73. The average Bonchev–Trinajstić information content (AvgIpc) is 3.02. The Hall–Kier alpha value is -2.48. The summed E-state index contributed by atoms with van der Waals surface area (Å²) in [6.45, 7) is 4.13. The molecule has 0 aliphatic heterocycles. The minimum atomic E-state index is -1.11. The van der Waals surface area contributed by atoms with Gasteiger partial charge in [-0.1, -0.05) is 37.2 Å². The largest absolute Gasteiger partial charge is 0.386 e. The fourth-order valence-corrected chi connectivity index (χ4v) is 1.99. The lowest BCUT2D eigenvalue weighted by Crippen LogP contribution is -2.38. The van der Waals surface area contributed by atoms with Crippen molar-refractivity contribution in [2.24, 2.45) is 0 Å². The van der Waals surface area contributed by atoms with Gasteiger partial charge < -0.3 is 20.3 Å². The van der Waals surface area contributed by atoms with Crippen LogP contribution in [0.2, 0.25) is 0 Å².